The standard InChI is InChI=1S/C30H32N4O6/c1-7-39-26-13-19(5)23(16-22(26)18(3)4)29-32-24-12-10-9-11-21(24)30(35)33(29)31-17-20-14-25(34(36)37)28(40-8-2)27(15-20)38-6/h9-18H,7-8H2,1-6H3. The summed E-state index contributed by atoms with van der Waals surface area (Å²) >= 11 is 0. The van der Waals surface area contributed by atoms with Crippen molar-refractivity contribution >= 4 is 22.8 Å². The number of nitro groups is 1. The summed E-state index contributed by atoms with van der Waals surface area (Å²) in [5, 5.41) is 16.7. The highest BCUT2D eigenvalue weighted by Gasteiger charge is 2.22. The second kappa shape index (κ2) is 12.0. The van der Waals surface area contributed by atoms with Crippen LogP contribution in [0.3, 0.4) is 0 Å². The molecule has 208 valence electrons. The molecule has 4 aromatic rings. The Bertz CT molecular complexity index is 1660. The fraction of sp³-hybridized carbons (Fsp3) is 0.300. The van der Waals surface area contributed by atoms with Crippen molar-refractivity contribution in [3.63, 3.8) is 0 Å². The molecule has 0 radical (unpaired) electrons. The van der Waals surface area contributed by atoms with Crippen LogP contribution in [0.2, 0.25) is 0 Å². The molecular formula is C30H32N4O6. The van der Waals surface area contributed by atoms with E-state index in [0.717, 1.165) is 22.4 Å². The highest BCUT2D eigenvalue weighted by Crippen LogP contribution is 2.38. The zero-order valence-corrected chi connectivity index (χ0v) is 23.4. The number of benzene rings is 3. The Morgan fingerprint density at radius 1 is 1.07 bits per heavy atom. The lowest BCUT2D eigenvalue weighted by Crippen LogP contribution is -2.21. The molecular weight excluding hydrogens is 512 g/mol. The molecule has 0 amide bonds. The Morgan fingerprint density at radius 3 is 2.45 bits per heavy atom. The Labute approximate surface area is 232 Å². The first-order valence-corrected chi connectivity index (χ1v) is 13.0. The summed E-state index contributed by atoms with van der Waals surface area (Å²) in [4.78, 5) is 29.8. The number of methoxy groups -OCH3 is 1. The molecule has 0 N–H and O–H groups in total. The lowest BCUT2D eigenvalue weighted by Gasteiger charge is -2.18. The van der Waals surface area contributed by atoms with Crippen molar-refractivity contribution in [1.82, 2.24) is 9.66 Å². The van der Waals surface area contributed by atoms with Crippen LogP contribution in [-0.4, -0.2) is 41.1 Å². The minimum Gasteiger partial charge on any atom is -0.494 e. The molecule has 1 aromatic heterocycles. The number of hydrogen-bond acceptors (Lipinski definition) is 8. The van der Waals surface area contributed by atoms with Crippen LogP contribution in [0, 0.1) is 17.0 Å². The lowest BCUT2D eigenvalue weighted by atomic mass is 9.96. The van der Waals surface area contributed by atoms with Crippen LogP contribution < -0.4 is 19.8 Å². The van der Waals surface area contributed by atoms with Gasteiger partial charge in [-0.2, -0.15) is 9.78 Å². The zero-order valence-electron chi connectivity index (χ0n) is 23.4. The molecule has 0 aliphatic heterocycles. The number of aryl methyl sites for hydroxylation is 1. The van der Waals surface area contributed by atoms with E-state index in [-0.39, 0.29) is 35.3 Å². The summed E-state index contributed by atoms with van der Waals surface area (Å²) < 4.78 is 17.9. The average molecular weight is 545 g/mol. The molecule has 10 nitrogen and oxygen atoms in total. The van der Waals surface area contributed by atoms with Gasteiger partial charge in [-0.1, -0.05) is 26.0 Å². The summed E-state index contributed by atoms with van der Waals surface area (Å²) in [6.45, 7) is 10.5. The topological polar surface area (TPSA) is 118 Å². The van der Waals surface area contributed by atoms with Crippen molar-refractivity contribution in [2.75, 3.05) is 20.3 Å². The fourth-order valence-corrected chi connectivity index (χ4v) is 4.46. The first kappa shape index (κ1) is 28.3. The first-order chi connectivity index (χ1) is 19.2. The Hall–Kier alpha value is -4.73. The molecule has 0 aliphatic rings. The number of para-hydroxylation sites is 1. The number of nitrogens with zero attached hydrogens (tertiary/aromatic N) is 4. The number of nitro benzene ring substituents is 1. The normalized spacial score (nSPS) is 11.4. The molecule has 3 aromatic carbocycles. The van der Waals surface area contributed by atoms with E-state index in [1.807, 2.05) is 32.0 Å². The predicted octanol–water partition coefficient (Wildman–Crippen LogP) is 6.09. The molecule has 10 heteroatoms. The van der Waals surface area contributed by atoms with Crippen molar-refractivity contribution in [2.24, 2.45) is 5.10 Å². The maximum Gasteiger partial charge on any atom is 0.315 e. The number of ether oxygens (including phenoxy) is 3. The van der Waals surface area contributed by atoms with Crippen molar-refractivity contribution in [1.29, 1.82) is 0 Å². The maximum absolute atomic E-state index is 13.7. The highest BCUT2D eigenvalue weighted by atomic mass is 16.6. The predicted molar refractivity (Wildman–Crippen MR) is 155 cm³/mol. The van der Waals surface area contributed by atoms with E-state index in [1.54, 1.807) is 31.2 Å². The second-order valence-corrected chi connectivity index (χ2v) is 9.37. The molecule has 0 saturated carbocycles. The van der Waals surface area contributed by atoms with Crippen LogP contribution in [0.15, 0.2) is 58.4 Å². The van der Waals surface area contributed by atoms with E-state index in [0.29, 0.717) is 28.9 Å². The third-order valence-electron chi connectivity index (χ3n) is 6.36. The van der Waals surface area contributed by atoms with Gasteiger partial charge in [0.25, 0.3) is 5.56 Å². The van der Waals surface area contributed by atoms with E-state index >= 15 is 0 Å². The van der Waals surface area contributed by atoms with Gasteiger partial charge in [0.05, 0.1) is 42.4 Å². The molecule has 0 aliphatic carbocycles. The van der Waals surface area contributed by atoms with Gasteiger partial charge in [0.15, 0.2) is 11.6 Å². The minimum absolute atomic E-state index is 0.0311. The summed E-state index contributed by atoms with van der Waals surface area (Å²) in [5.74, 6) is 1.50. The van der Waals surface area contributed by atoms with Gasteiger partial charge in [-0.05, 0) is 68.1 Å². The second-order valence-electron chi connectivity index (χ2n) is 9.37. The van der Waals surface area contributed by atoms with Crippen LogP contribution in [0.5, 0.6) is 17.2 Å². The van der Waals surface area contributed by atoms with Gasteiger partial charge in [-0.3, -0.25) is 14.9 Å². The number of aromatic nitrogens is 2. The van der Waals surface area contributed by atoms with E-state index in [9.17, 15) is 14.9 Å². The average Bonchev–Trinajstić information content (AvgIpc) is 2.93. The van der Waals surface area contributed by atoms with Gasteiger partial charge >= 0.3 is 5.69 Å². The molecule has 0 atom stereocenters. The summed E-state index contributed by atoms with van der Waals surface area (Å²) in [6, 6.07) is 13.9. The fourth-order valence-electron chi connectivity index (χ4n) is 4.46. The molecule has 0 fully saturated rings. The van der Waals surface area contributed by atoms with Crippen molar-refractivity contribution in [3.05, 3.63) is 85.7 Å². The maximum atomic E-state index is 13.7. The van der Waals surface area contributed by atoms with E-state index in [1.165, 1.54) is 24.1 Å². The van der Waals surface area contributed by atoms with Gasteiger partial charge in [-0.25, -0.2) is 4.98 Å². The van der Waals surface area contributed by atoms with Crippen molar-refractivity contribution in [3.8, 4) is 28.6 Å². The zero-order chi connectivity index (χ0) is 29.0. The van der Waals surface area contributed by atoms with Crippen molar-refractivity contribution < 1.29 is 19.1 Å². The number of hydrogen-bond donors (Lipinski definition) is 0. The van der Waals surface area contributed by atoms with E-state index < -0.39 is 4.92 Å². The van der Waals surface area contributed by atoms with Crippen LogP contribution in [-0.2, 0) is 0 Å². The quantitative estimate of drug-likeness (QED) is 0.135. The van der Waals surface area contributed by atoms with Gasteiger partial charge in [0.1, 0.15) is 5.75 Å². The number of rotatable bonds is 10. The van der Waals surface area contributed by atoms with E-state index in [4.69, 9.17) is 19.2 Å². The molecule has 0 spiro atoms. The van der Waals surface area contributed by atoms with Gasteiger partial charge in [-0.15, -0.1) is 0 Å². The van der Waals surface area contributed by atoms with Crippen LogP contribution in [0.1, 0.15) is 50.3 Å². The Kier molecular flexibility index (Phi) is 8.47. The Balaban J connectivity index is 1.96. The summed E-state index contributed by atoms with van der Waals surface area (Å²) in [5.41, 5.74) is 2.81. The smallest absolute Gasteiger partial charge is 0.315 e. The first-order valence-electron chi connectivity index (χ1n) is 13.0. The highest BCUT2D eigenvalue weighted by molar-refractivity contribution is 5.84. The van der Waals surface area contributed by atoms with E-state index in [2.05, 4.69) is 18.9 Å². The lowest BCUT2D eigenvalue weighted by molar-refractivity contribution is -0.385. The molecule has 0 saturated heterocycles. The largest absolute Gasteiger partial charge is 0.494 e. The summed E-state index contributed by atoms with van der Waals surface area (Å²) in [7, 11) is 1.40. The Morgan fingerprint density at radius 2 is 1.80 bits per heavy atom. The van der Waals surface area contributed by atoms with Crippen LogP contribution >= 0.6 is 0 Å². The van der Waals surface area contributed by atoms with Crippen molar-refractivity contribution in [2.45, 2.75) is 40.5 Å². The molecule has 40 heavy (non-hydrogen) atoms. The minimum atomic E-state index is -0.545. The molecule has 0 unspecified atom stereocenters. The third-order valence-corrected chi connectivity index (χ3v) is 6.36. The third kappa shape index (κ3) is 5.51. The number of fused-ring (bicyclic) bond motifs is 1. The van der Waals surface area contributed by atoms with Gasteiger partial charge in [0, 0.05) is 17.2 Å². The van der Waals surface area contributed by atoms with Gasteiger partial charge < -0.3 is 14.2 Å². The molecule has 0 bridgehead atoms. The monoisotopic (exact) mass is 544 g/mol. The SMILES string of the molecule is CCOc1cc(C)c(-c2nc3ccccc3c(=O)n2N=Cc2cc(OC)c(OCC)c([N+](=O)[O-])c2)cc1C(C)C. The van der Waals surface area contributed by atoms with Gasteiger partial charge in [0.2, 0.25) is 5.75 Å². The summed E-state index contributed by atoms with van der Waals surface area (Å²) in [6.07, 6.45) is 1.37. The molecule has 4 rings (SSSR count). The van der Waals surface area contributed by atoms with Crippen LogP contribution in [0.4, 0.5) is 5.69 Å². The van der Waals surface area contributed by atoms with Crippen LogP contribution in [0.25, 0.3) is 22.3 Å². The molecule has 1 heterocycles.